The summed E-state index contributed by atoms with van der Waals surface area (Å²) < 4.78 is 39.0. The molecule has 0 spiro atoms. The van der Waals surface area contributed by atoms with E-state index in [1.807, 2.05) is 19.0 Å². The minimum Gasteiger partial charge on any atom is -0.495 e. The van der Waals surface area contributed by atoms with Crippen LogP contribution in [0.15, 0.2) is 30.3 Å². The van der Waals surface area contributed by atoms with Gasteiger partial charge in [-0.05, 0) is 38.4 Å². The number of rotatable bonds is 7. The van der Waals surface area contributed by atoms with Crippen molar-refractivity contribution in [2.45, 2.75) is 0 Å². The van der Waals surface area contributed by atoms with E-state index in [1.54, 1.807) is 19.2 Å². The van der Waals surface area contributed by atoms with E-state index in [0.29, 0.717) is 39.5 Å². The standard InChI is InChI=1S/C20H21F2N3O3S.ClH/c1-24(2)9-10-25(19(26)13-6-5-12(21)11-14(13)22)20-23-17-15(27-3)7-8-16(28-4)18(17)29-20;/h5-8,11H,9-10H2,1-4H3;1H. The lowest BCUT2D eigenvalue weighted by Gasteiger charge is -2.22. The Morgan fingerprint density at radius 2 is 1.73 bits per heavy atom. The van der Waals surface area contributed by atoms with Gasteiger partial charge in [-0.1, -0.05) is 11.3 Å². The zero-order chi connectivity index (χ0) is 21.1. The van der Waals surface area contributed by atoms with E-state index in [2.05, 4.69) is 4.98 Å². The lowest BCUT2D eigenvalue weighted by atomic mass is 10.2. The lowest BCUT2D eigenvalue weighted by molar-refractivity contribution is 0.0981. The Morgan fingerprint density at radius 1 is 1.07 bits per heavy atom. The molecule has 10 heteroatoms. The highest BCUT2D eigenvalue weighted by Gasteiger charge is 2.25. The quantitative estimate of drug-likeness (QED) is 0.531. The van der Waals surface area contributed by atoms with E-state index in [-0.39, 0.29) is 24.5 Å². The second kappa shape index (κ2) is 10.0. The third-order valence-corrected chi connectivity index (χ3v) is 5.40. The molecule has 0 fully saturated rings. The van der Waals surface area contributed by atoms with Crippen LogP contribution in [-0.4, -0.2) is 57.2 Å². The van der Waals surface area contributed by atoms with Crippen molar-refractivity contribution >= 4 is 45.0 Å². The zero-order valence-electron chi connectivity index (χ0n) is 16.9. The van der Waals surface area contributed by atoms with Gasteiger partial charge in [0, 0.05) is 19.2 Å². The summed E-state index contributed by atoms with van der Waals surface area (Å²) >= 11 is 1.24. The second-order valence-electron chi connectivity index (χ2n) is 6.53. The first-order valence-electron chi connectivity index (χ1n) is 8.79. The number of benzene rings is 2. The van der Waals surface area contributed by atoms with Gasteiger partial charge < -0.3 is 14.4 Å². The number of halogens is 3. The Kier molecular flexibility index (Phi) is 7.94. The molecule has 0 unspecified atom stereocenters. The molecule has 0 atom stereocenters. The van der Waals surface area contributed by atoms with Crippen LogP contribution in [0.1, 0.15) is 10.4 Å². The summed E-state index contributed by atoms with van der Waals surface area (Å²) in [6, 6.07) is 6.39. The molecule has 6 nitrogen and oxygen atoms in total. The largest absolute Gasteiger partial charge is 0.495 e. The maximum atomic E-state index is 14.3. The summed E-state index contributed by atoms with van der Waals surface area (Å²) in [6.45, 7) is 0.797. The molecule has 1 amide bonds. The Morgan fingerprint density at radius 3 is 2.33 bits per heavy atom. The summed E-state index contributed by atoms with van der Waals surface area (Å²) in [6.07, 6.45) is 0. The number of methoxy groups -OCH3 is 2. The van der Waals surface area contributed by atoms with Gasteiger partial charge in [-0.3, -0.25) is 9.69 Å². The molecule has 2 aromatic carbocycles. The summed E-state index contributed by atoms with van der Waals surface area (Å²) in [5.41, 5.74) is 0.331. The van der Waals surface area contributed by atoms with Crippen LogP contribution < -0.4 is 14.4 Å². The molecule has 0 saturated carbocycles. The first-order chi connectivity index (χ1) is 13.8. The van der Waals surface area contributed by atoms with Gasteiger partial charge in [0.1, 0.15) is 33.4 Å². The topological polar surface area (TPSA) is 54.9 Å². The average molecular weight is 458 g/mol. The van der Waals surface area contributed by atoms with Gasteiger partial charge in [-0.15, -0.1) is 12.4 Å². The number of thiazole rings is 1. The Hall–Kier alpha value is -2.49. The number of carbonyl (C=O) groups is 1. The molecule has 3 aromatic rings. The Labute approximate surface area is 183 Å². The van der Waals surface area contributed by atoms with Gasteiger partial charge in [-0.25, -0.2) is 13.8 Å². The fourth-order valence-electron chi connectivity index (χ4n) is 2.78. The lowest BCUT2D eigenvalue weighted by Crippen LogP contribution is -2.37. The van der Waals surface area contributed by atoms with Crippen molar-refractivity contribution in [3.05, 3.63) is 47.5 Å². The molecule has 0 aliphatic heterocycles. The zero-order valence-corrected chi connectivity index (χ0v) is 18.6. The molecule has 0 radical (unpaired) electrons. The van der Waals surface area contributed by atoms with E-state index in [1.165, 1.54) is 23.3 Å². The number of hydrogen-bond donors (Lipinski definition) is 0. The van der Waals surface area contributed by atoms with E-state index in [9.17, 15) is 13.6 Å². The van der Waals surface area contributed by atoms with Gasteiger partial charge in [0.2, 0.25) is 0 Å². The summed E-state index contributed by atoms with van der Waals surface area (Å²) in [4.78, 5) is 21.0. The number of ether oxygens (including phenoxy) is 2. The van der Waals surface area contributed by atoms with E-state index in [0.717, 1.165) is 12.1 Å². The summed E-state index contributed by atoms with van der Waals surface area (Å²) in [7, 11) is 6.81. The van der Waals surface area contributed by atoms with Crippen LogP contribution in [-0.2, 0) is 0 Å². The van der Waals surface area contributed by atoms with Crippen molar-refractivity contribution in [2.24, 2.45) is 0 Å². The fourth-order valence-corrected chi connectivity index (χ4v) is 3.88. The first kappa shape index (κ1) is 23.8. The predicted molar refractivity (Wildman–Crippen MR) is 117 cm³/mol. The van der Waals surface area contributed by atoms with E-state index in [4.69, 9.17) is 9.47 Å². The monoisotopic (exact) mass is 457 g/mol. The van der Waals surface area contributed by atoms with Crippen LogP contribution in [0.25, 0.3) is 10.2 Å². The smallest absolute Gasteiger partial charge is 0.263 e. The predicted octanol–water partition coefficient (Wildman–Crippen LogP) is 4.22. The number of anilines is 1. The number of hydrogen-bond acceptors (Lipinski definition) is 6. The molecular weight excluding hydrogens is 436 g/mol. The highest BCUT2D eigenvalue weighted by atomic mass is 35.5. The third-order valence-electron chi connectivity index (χ3n) is 4.31. The fraction of sp³-hybridized carbons (Fsp3) is 0.300. The molecule has 1 heterocycles. The van der Waals surface area contributed by atoms with Crippen LogP contribution in [0, 0.1) is 11.6 Å². The molecule has 3 rings (SSSR count). The van der Waals surface area contributed by atoms with Gasteiger partial charge in [0.25, 0.3) is 5.91 Å². The van der Waals surface area contributed by atoms with Crippen LogP contribution in [0.5, 0.6) is 11.5 Å². The molecule has 1 aromatic heterocycles. The van der Waals surface area contributed by atoms with E-state index < -0.39 is 17.5 Å². The van der Waals surface area contributed by atoms with Crippen LogP contribution in [0.2, 0.25) is 0 Å². The number of nitrogens with zero attached hydrogens (tertiary/aromatic N) is 3. The normalized spacial score (nSPS) is 10.8. The molecule has 0 aliphatic rings. The van der Waals surface area contributed by atoms with E-state index >= 15 is 0 Å². The van der Waals surface area contributed by atoms with Crippen LogP contribution in [0.3, 0.4) is 0 Å². The number of fused-ring (bicyclic) bond motifs is 1. The number of likely N-dealkylation sites (N-methyl/N-ethyl adjacent to an activating group) is 1. The Balaban J connectivity index is 0.00000320. The summed E-state index contributed by atoms with van der Waals surface area (Å²) in [5, 5.41) is 0.373. The minimum atomic E-state index is -0.916. The summed E-state index contributed by atoms with van der Waals surface area (Å²) in [5.74, 6) is -1.12. The number of aromatic nitrogens is 1. The molecule has 162 valence electrons. The van der Waals surface area contributed by atoms with Gasteiger partial charge in [-0.2, -0.15) is 0 Å². The molecule has 0 N–H and O–H groups in total. The van der Waals surface area contributed by atoms with Gasteiger partial charge in [0.15, 0.2) is 5.13 Å². The highest BCUT2D eigenvalue weighted by molar-refractivity contribution is 7.22. The van der Waals surface area contributed by atoms with Crippen molar-refractivity contribution in [1.29, 1.82) is 0 Å². The van der Waals surface area contributed by atoms with Crippen molar-refractivity contribution < 1.29 is 23.0 Å². The first-order valence-corrected chi connectivity index (χ1v) is 9.60. The minimum absolute atomic E-state index is 0. The molecular formula is C20H22ClF2N3O3S. The Bertz CT molecular complexity index is 1000. The van der Waals surface area contributed by atoms with Crippen LogP contribution in [0.4, 0.5) is 13.9 Å². The van der Waals surface area contributed by atoms with Crippen molar-refractivity contribution in [1.82, 2.24) is 9.88 Å². The molecule has 30 heavy (non-hydrogen) atoms. The highest BCUT2D eigenvalue weighted by Crippen LogP contribution is 2.40. The number of carbonyl (C=O) groups excluding carboxylic acids is 1. The molecule has 0 aliphatic carbocycles. The van der Waals surface area contributed by atoms with Crippen LogP contribution >= 0.6 is 23.7 Å². The molecule has 0 saturated heterocycles. The SMILES string of the molecule is COc1ccc(OC)c2sc(N(CCN(C)C)C(=O)c3ccc(F)cc3F)nc12.Cl. The molecule has 0 bridgehead atoms. The van der Waals surface area contributed by atoms with Crippen molar-refractivity contribution in [3.63, 3.8) is 0 Å². The maximum absolute atomic E-state index is 14.3. The maximum Gasteiger partial charge on any atom is 0.263 e. The van der Waals surface area contributed by atoms with Crippen molar-refractivity contribution in [3.8, 4) is 11.5 Å². The second-order valence-corrected chi connectivity index (χ2v) is 7.51. The van der Waals surface area contributed by atoms with Gasteiger partial charge >= 0.3 is 0 Å². The van der Waals surface area contributed by atoms with Gasteiger partial charge in [0.05, 0.1) is 19.8 Å². The number of amides is 1. The third kappa shape index (κ3) is 4.80. The van der Waals surface area contributed by atoms with Crippen molar-refractivity contribution in [2.75, 3.05) is 46.3 Å². The average Bonchev–Trinajstić information content (AvgIpc) is 3.12.